The van der Waals surface area contributed by atoms with Gasteiger partial charge < -0.3 is 9.84 Å². The zero-order valence-corrected chi connectivity index (χ0v) is 12.2. The van der Waals surface area contributed by atoms with Gasteiger partial charge in [-0.25, -0.2) is 14.0 Å². The van der Waals surface area contributed by atoms with Crippen LogP contribution in [0.25, 0.3) is 11.1 Å². The Kier molecular flexibility index (Phi) is 4.56. The number of carbonyl (C=O) groups is 2. The number of carboxylic acids is 1. The molecule has 0 aliphatic heterocycles. The van der Waals surface area contributed by atoms with Gasteiger partial charge in [-0.3, -0.25) is 0 Å². The van der Waals surface area contributed by atoms with Gasteiger partial charge >= 0.3 is 11.9 Å². The van der Waals surface area contributed by atoms with Gasteiger partial charge in [0.1, 0.15) is 5.82 Å². The van der Waals surface area contributed by atoms with Crippen LogP contribution >= 0.6 is 0 Å². The molecule has 4 nitrogen and oxygen atoms in total. The number of benzene rings is 2. The number of halogens is 1. The van der Waals surface area contributed by atoms with E-state index >= 15 is 0 Å². The van der Waals surface area contributed by atoms with Crippen LogP contribution in [-0.4, -0.2) is 23.7 Å². The summed E-state index contributed by atoms with van der Waals surface area (Å²) in [4.78, 5) is 23.0. The van der Waals surface area contributed by atoms with E-state index in [-0.39, 0.29) is 17.7 Å². The van der Waals surface area contributed by atoms with Gasteiger partial charge in [-0.15, -0.1) is 0 Å². The summed E-state index contributed by atoms with van der Waals surface area (Å²) in [5.41, 5.74) is 1.33. The molecule has 2 aromatic rings. The molecular formula is C17H15FO4. The first-order valence-electron chi connectivity index (χ1n) is 6.75. The van der Waals surface area contributed by atoms with Crippen LogP contribution < -0.4 is 0 Å². The zero-order valence-electron chi connectivity index (χ0n) is 12.2. The molecule has 0 aliphatic carbocycles. The number of carbonyl (C=O) groups excluding carboxylic acids is 1. The van der Waals surface area contributed by atoms with Crippen molar-refractivity contribution in [3.05, 3.63) is 58.9 Å². The zero-order chi connectivity index (χ0) is 16.3. The van der Waals surface area contributed by atoms with Crippen LogP contribution in [0.2, 0.25) is 0 Å². The lowest BCUT2D eigenvalue weighted by molar-refractivity contribution is 0.0520. The highest BCUT2D eigenvalue weighted by Crippen LogP contribution is 2.28. The SMILES string of the molecule is CCOC(=O)c1ccc(-c2cccc(C)c2C(=O)O)cc1F. The molecule has 0 amide bonds. The number of aromatic carboxylic acids is 1. The molecule has 0 aromatic heterocycles. The van der Waals surface area contributed by atoms with Gasteiger partial charge in [-0.05, 0) is 42.7 Å². The minimum atomic E-state index is -1.08. The van der Waals surface area contributed by atoms with Crippen molar-refractivity contribution in [2.24, 2.45) is 0 Å². The van der Waals surface area contributed by atoms with Gasteiger partial charge in [0.05, 0.1) is 17.7 Å². The van der Waals surface area contributed by atoms with Crippen LogP contribution in [0.5, 0.6) is 0 Å². The third-order valence-corrected chi connectivity index (χ3v) is 3.26. The van der Waals surface area contributed by atoms with Crippen molar-refractivity contribution in [2.45, 2.75) is 13.8 Å². The summed E-state index contributed by atoms with van der Waals surface area (Å²) in [6.45, 7) is 3.47. The summed E-state index contributed by atoms with van der Waals surface area (Å²) in [6.07, 6.45) is 0. The van der Waals surface area contributed by atoms with Gasteiger partial charge in [0.2, 0.25) is 0 Å². The fraction of sp³-hybridized carbons (Fsp3) is 0.176. The average molecular weight is 302 g/mol. The Bertz CT molecular complexity index is 737. The lowest BCUT2D eigenvalue weighted by Crippen LogP contribution is -2.07. The Hall–Kier alpha value is -2.69. The van der Waals surface area contributed by atoms with E-state index in [1.807, 2.05) is 0 Å². The van der Waals surface area contributed by atoms with Crippen LogP contribution in [0.4, 0.5) is 4.39 Å². The highest BCUT2D eigenvalue weighted by Gasteiger charge is 2.18. The number of ether oxygens (including phenoxy) is 1. The summed E-state index contributed by atoms with van der Waals surface area (Å²) in [5.74, 6) is -2.56. The van der Waals surface area contributed by atoms with Crippen LogP contribution in [-0.2, 0) is 4.74 Å². The number of aryl methyl sites for hydroxylation is 1. The van der Waals surface area contributed by atoms with E-state index in [9.17, 15) is 19.1 Å². The maximum Gasteiger partial charge on any atom is 0.341 e. The predicted octanol–water partition coefficient (Wildman–Crippen LogP) is 3.68. The normalized spacial score (nSPS) is 10.3. The predicted molar refractivity (Wildman–Crippen MR) is 79.5 cm³/mol. The van der Waals surface area contributed by atoms with Crippen molar-refractivity contribution in [3.63, 3.8) is 0 Å². The molecule has 22 heavy (non-hydrogen) atoms. The van der Waals surface area contributed by atoms with Gasteiger partial charge in [0, 0.05) is 0 Å². The highest BCUT2D eigenvalue weighted by atomic mass is 19.1. The molecule has 0 saturated carbocycles. The molecule has 0 unspecified atom stereocenters. The number of carboxylic acid groups (broad SMARTS) is 1. The Morgan fingerprint density at radius 3 is 2.55 bits per heavy atom. The molecule has 2 aromatic carbocycles. The van der Waals surface area contributed by atoms with E-state index in [0.29, 0.717) is 16.7 Å². The van der Waals surface area contributed by atoms with E-state index < -0.39 is 17.8 Å². The van der Waals surface area contributed by atoms with Crippen molar-refractivity contribution in [3.8, 4) is 11.1 Å². The fourth-order valence-electron chi connectivity index (χ4n) is 2.25. The monoisotopic (exact) mass is 302 g/mol. The van der Waals surface area contributed by atoms with E-state index in [0.717, 1.165) is 6.07 Å². The maximum atomic E-state index is 14.1. The van der Waals surface area contributed by atoms with Gasteiger partial charge in [0.15, 0.2) is 0 Å². The van der Waals surface area contributed by atoms with Gasteiger partial charge in [-0.1, -0.05) is 24.3 Å². The molecule has 0 heterocycles. The molecule has 0 spiro atoms. The van der Waals surface area contributed by atoms with Gasteiger partial charge in [0.25, 0.3) is 0 Å². The van der Waals surface area contributed by atoms with Crippen molar-refractivity contribution < 1.29 is 23.8 Å². The first kappa shape index (κ1) is 15.7. The number of hydrogen-bond donors (Lipinski definition) is 1. The number of esters is 1. The molecule has 0 fully saturated rings. The topological polar surface area (TPSA) is 63.6 Å². The first-order valence-corrected chi connectivity index (χ1v) is 6.75. The van der Waals surface area contributed by atoms with Crippen molar-refractivity contribution >= 4 is 11.9 Å². The summed E-state index contributed by atoms with van der Waals surface area (Å²) < 4.78 is 18.9. The summed E-state index contributed by atoms with van der Waals surface area (Å²) in [5, 5.41) is 9.32. The second-order valence-corrected chi connectivity index (χ2v) is 4.72. The minimum Gasteiger partial charge on any atom is -0.478 e. The van der Waals surface area contributed by atoms with Crippen LogP contribution in [0.15, 0.2) is 36.4 Å². The molecule has 0 atom stereocenters. The lowest BCUT2D eigenvalue weighted by Gasteiger charge is -2.10. The number of hydrogen-bond acceptors (Lipinski definition) is 3. The summed E-state index contributed by atoms with van der Waals surface area (Å²) in [6, 6.07) is 8.94. The van der Waals surface area contributed by atoms with Crippen LogP contribution in [0.1, 0.15) is 33.2 Å². The Morgan fingerprint density at radius 1 is 1.23 bits per heavy atom. The second kappa shape index (κ2) is 6.39. The van der Waals surface area contributed by atoms with E-state index in [1.54, 1.807) is 32.0 Å². The van der Waals surface area contributed by atoms with Crippen LogP contribution in [0.3, 0.4) is 0 Å². The first-order chi connectivity index (χ1) is 10.5. The third kappa shape index (κ3) is 2.98. The molecule has 0 saturated heterocycles. The molecule has 0 radical (unpaired) electrons. The molecule has 1 N–H and O–H groups in total. The smallest absolute Gasteiger partial charge is 0.341 e. The highest BCUT2D eigenvalue weighted by molar-refractivity contribution is 5.98. The van der Waals surface area contributed by atoms with Crippen LogP contribution in [0, 0.1) is 12.7 Å². The maximum absolute atomic E-state index is 14.1. The van der Waals surface area contributed by atoms with Crippen molar-refractivity contribution in [1.29, 1.82) is 0 Å². The molecular weight excluding hydrogens is 287 g/mol. The minimum absolute atomic E-state index is 0.116. The van der Waals surface area contributed by atoms with E-state index in [1.165, 1.54) is 12.1 Å². The molecule has 0 bridgehead atoms. The average Bonchev–Trinajstić information content (AvgIpc) is 2.46. The Morgan fingerprint density at radius 2 is 1.95 bits per heavy atom. The van der Waals surface area contributed by atoms with E-state index in [4.69, 9.17) is 4.74 Å². The lowest BCUT2D eigenvalue weighted by atomic mass is 9.95. The summed E-state index contributed by atoms with van der Waals surface area (Å²) in [7, 11) is 0. The van der Waals surface area contributed by atoms with E-state index in [2.05, 4.69) is 0 Å². The summed E-state index contributed by atoms with van der Waals surface area (Å²) >= 11 is 0. The van der Waals surface area contributed by atoms with Gasteiger partial charge in [-0.2, -0.15) is 0 Å². The Labute approximate surface area is 127 Å². The molecule has 0 aliphatic rings. The fourth-order valence-corrected chi connectivity index (χ4v) is 2.25. The molecule has 114 valence electrons. The van der Waals surface area contributed by atoms with Crippen molar-refractivity contribution in [2.75, 3.05) is 6.61 Å². The molecule has 5 heteroatoms. The quantitative estimate of drug-likeness (QED) is 0.875. The van der Waals surface area contributed by atoms with Crippen molar-refractivity contribution in [1.82, 2.24) is 0 Å². The molecule has 2 rings (SSSR count). The third-order valence-electron chi connectivity index (χ3n) is 3.26. The Balaban J connectivity index is 2.52. The standard InChI is InChI=1S/C17H15FO4/c1-3-22-17(21)13-8-7-11(9-14(13)18)12-6-4-5-10(2)15(12)16(19)20/h4-9H,3H2,1-2H3,(H,19,20). The second-order valence-electron chi connectivity index (χ2n) is 4.72. The number of rotatable bonds is 4. The largest absolute Gasteiger partial charge is 0.478 e.